The second-order valence-electron chi connectivity index (χ2n) is 4.34. The van der Waals surface area contributed by atoms with Crippen LogP contribution >= 0.6 is 27.5 Å². The molecule has 0 saturated heterocycles. The molecule has 0 atom stereocenters. The van der Waals surface area contributed by atoms with Gasteiger partial charge in [0, 0.05) is 0 Å². The molecule has 3 rings (SSSR count). The van der Waals surface area contributed by atoms with Crippen molar-refractivity contribution >= 4 is 38.3 Å². The number of hydrogen-bond acceptors (Lipinski definition) is 2. The highest BCUT2D eigenvalue weighted by Gasteiger charge is 2.06. The number of halogens is 2. The van der Waals surface area contributed by atoms with Crippen molar-refractivity contribution in [1.29, 1.82) is 0 Å². The summed E-state index contributed by atoms with van der Waals surface area (Å²) in [5, 5.41) is 2.78. The molecule has 0 saturated carbocycles. The lowest BCUT2D eigenvalue weighted by molar-refractivity contribution is 0.300. The lowest BCUT2D eigenvalue weighted by Crippen LogP contribution is -1.98. The minimum atomic E-state index is 0.386. The zero-order valence-electron chi connectivity index (χ0n) is 10.5. The molecule has 2 aromatic carbocycles. The summed E-state index contributed by atoms with van der Waals surface area (Å²) in [7, 11) is 0. The third-order valence-corrected chi connectivity index (χ3v) is 4.00. The smallest absolute Gasteiger partial charge is 0.134 e. The van der Waals surface area contributed by atoms with E-state index < -0.39 is 0 Å². The minimum absolute atomic E-state index is 0.386. The normalized spacial score (nSPS) is 10.7. The summed E-state index contributed by atoms with van der Waals surface area (Å²) in [4.78, 5) is 4.21. The maximum absolute atomic E-state index is 5.86. The van der Waals surface area contributed by atoms with Crippen LogP contribution in [0.1, 0.15) is 5.69 Å². The first kappa shape index (κ1) is 13.4. The van der Waals surface area contributed by atoms with E-state index >= 15 is 0 Å². The van der Waals surface area contributed by atoms with Crippen LogP contribution in [0, 0.1) is 0 Å². The van der Waals surface area contributed by atoms with Crippen LogP contribution in [0.2, 0.25) is 5.15 Å². The predicted molar refractivity (Wildman–Crippen MR) is 85.2 cm³/mol. The van der Waals surface area contributed by atoms with E-state index in [-0.39, 0.29) is 0 Å². The number of nitrogens with zero attached hydrogens (tertiary/aromatic N) is 1. The molecule has 2 nitrogen and oxygen atoms in total. The van der Waals surface area contributed by atoms with Crippen molar-refractivity contribution in [3.63, 3.8) is 0 Å². The Morgan fingerprint density at radius 1 is 1.00 bits per heavy atom. The highest BCUT2D eigenvalue weighted by atomic mass is 79.9. The minimum Gasteiger partial charge on any atom is -0.486 e. The van der Waals surface area contributed by atoms with Gasteiger partial charge in [0.05, 0.1) is 10.2 Å². The lowest BCUT2D eigenvalue weighted by Gasteiger charge is -2.10. The Morgan fingerprint density at radius 2 is 1.85 bits per heavy atom. The molecule has 0 N–H and O–H groups in total. The van der Waals surface area contributed by atoms with Gasteiger partial charge in [0.25, 0.3) is 0 Å². The molecule has 0 unspecified atom stereocenters. The number of fused-ring (bicyclic) bond motifs is 1. The van der Waals surface area contributed by atoms with Crippen LogP contribution in [-0.4, -0.2) is 4.98 Å². The van der Waals surface area contributed by atoms with Crippen molar-refractivity contribution in [3.8, 4) is 5.75 Å². The molecule has 0 aliphatic rings. The zero-order chi connectivity index (χ0) is 13.9. The van der Waals surface area contributed by atoms with E-state index in [2.05, 4.69) is 33.0 Å². The summed E-state index contributed by atoms with van der Waals surface area (Å²) in [5.74, 6) is 0.797. The first-order valence-electron chi connectivity index (χ1n) is 6.15. The summed E-state index contributed by atoms with van der Waals surface area (Å²) >= 11 is 9.46. The third kappa shape index (κ3) is 2.79. The topological polar surface area (TPSA) is 22.1 Å². The maximum Gasteiger partial charge on any atom is 0.134 e. The van der Waals surface area contributed by atoms with E-state index in [1.165, 1.54) is 5.39 Å². The zero-order valence-corrected chi connectivity index (χ0v) is 12.9. The Labute approximate surface area is 130 Å². The van der Waals surface area contributed by atoms with Crippen LogP contribution in [-0.2, 0) is 6.61 Å². The van der Waals surface area contributed by atoms with Gasteiger partial charge in [-0.2, -0.15) is 0 Å². The Kier molecular flexibility index (Phi) is 3.90. The largest absolute Gasteiger partial charge is 0.486 e. The molecule has 0 bridgehead atoms. The summed E-state index contributed by atoms with van der Waals surface area (Å²) in [6, 6.07) is 17.7. The van der Waals surface area contributed by atoms with Crippen molar-refractivity contribution in [2.24, 2.45) is 0 Å². The summed E-state index contributed by atoms with van der Waals surface area (Å²) < 4.78 is 6.77. The van der Waals surface area contributed by atoms with E-state index in [1.54, 1.807) is 6.07 Å². The molecular formula is C16H11BrClNO. The third-order valence-electron chi connectivity index (χ3n) is 2.98. The van der Waals surface area contributed by atoms with Gasteiger partial charge in [-0.05, 0) is 44.9 Å². The van der Waals surface area contributed by atoms with Gasteiger partial charge in [0.2, 0.25) is 0 Å². The number of aromatic nitrogens is 1. The average molecular weight is 349 g/mol. The Morgan fingerprint density at radius 3 is 2.70 bits per heavy atom. The van der Waals surface area contributed by atoms with Crippen LogP contribution in [0.25, 0.3) is 10.8 Å². The number of hydrogen-bond donors (Lipinski definition) is 0. The Balaban J connectivity index is 1.86. The SMILES string of the molecule is Clc1cccc(COc2ccc3ccccc3c2Br)n1. The van der Waals surface area contributed by atoms with Gasteiger partial charge in [-0.3, -0.25) is 0 Å². The number of pyridine rings is 1. The van der Waals surface area contributed by atoms with Crippen LogP contribution < -0.4 is 4.74 Å². The van der Waals surface area contributed by atoms with E-state index in [4.69, 9.17) is 16.3 Å². The van der Waals surface area contributed by atoms with Crippen molar-refractivity contribution in [2.75, 3.05) is 0 Å². The molecule has 0 aliphatic carbocycles. The van der Waals surface area contributed by atoms with Crippen molar-refractivity contribution < 1.29 is 4.74 Å². The van der Waals surface area contributed by atoms with E-state index in [1.807, 2.05) is 36.4 Å². The molecule has 0 aliphatic heterocycles. The number of ether oxygens (including phenoxy) is 1. The van der Waals surface area contributed by atoms with Crippen LogP contribution in [0.5, 0.6) is 5.75 Å². The highest BCUT2D eigenvalue weighted by molar-refractivity contribution is 9.10. The van der Waals surface area contributed by atoms with Crippen molar-refractivity contribution in [1.82, 2.24) is 4.98 Å². The van der Waals surface area contributed by atoms with Gasteiger partial charge in [0.15, 0.2) is 0 Å². The summed E-state index contributed by atoms with van der Waals surface area (Å²) in [6.45, 7) is 0.386. The van der Waals surface area contributed by atoms with Gasteiger partial charge >= 0.3 is 0 Å². The van der Waals surface area contributed by atoms with Gasteiger partial charge in [-0.15, -0.1) is 0 Å². The standard InChI is InChI=1S/C16H11BrClNO/c17-16-13-6-2-1-4-11(13)8-9-14(16)20-10-12-5-3-7-15(18)19-12/h1-9H,10H2. The molecule has 4 heteroatoms. The molecule has 0 spiro atoms. The molecule has 20 heavy (non-hydrogen) atoms. The quantitative estimate of drug-likeness (QED) is 0.605. The molecule has 0 amide bonds. The first-order chi connectivity index (χ1) is 9.74. The molecule has 100 valence electrons. The van der Waals surface area contributed by atoms with Gasteiger partial charge in [0.1, 0.15) is 17.5 Å². The fourth-order valence-corrected chi connectivity index (χ4v) is 2.80. The van der Waals surface area contributed by atoms with E-state index in [9.17, 15) is 0 Å². The predicted octanol–water partition coefficient (Wildman–Crippen LogP) is 5.23. The fourth-order valence-electron chi connectivity index (χ4n) is 2.01. The van der Waals surface area contributed by atoms with Crippen LogP contribution in [0.15, 0.2) is 59.1 Å². The molecule has 1 aromatic heterocycles. The first-order valence-corrected chi connectivity index (χ1v) is 7.32. The van der Waals surface area contributed by atoms with Gasteiger partial charge in [-0.1, -0.05) is 48.0 Å². The van der Waals surface area contributed by atoms with Crippen molar-refractivity contribution in [2.45, 2.75) is 6.61 Å². The molecule has 3 aromatic rings. The number of benzene rings is 2. The Bertz CT molecular complexity index is 760. The van der Waals surface area contributed by atoms with E-state index in [0.29, 0.717) is 11.8 Å². The fraction of sp³-hybridized carbons (Fsp3) is 0.0625. The van der Waals surface area contributed by atoms with E-state index in [0.717, 1.165) is 21.3 Å². The monoisotopic (exact) mass is 347 g/mol. The second kappa shape index (κ2) is 5.81. The molecule has 0 radical (unpaired) electrons. The average Bonchev–Trinajstić information content (AvgIpc) is 2.47. The molecular weight excluding hydrogens is 338 g/mol. The highest BCUT2D eigenvalue weighted by Crippen LogP contribution is 2.33. The molecule has 1 heterocycles. The second-order valence-corrected chi connectivity index (χ2v) is 5.52. The van der Waals surface area contributed by atoms with Crippen LogP contribution in [0.3, 0.4) is 0 Å². The van der Waals surface area contributed by atoms with Gasteiger partial charge in [-0.25, -0.2) is 4.98 Å². The van der Waals surface area contributed by atoms with Gasteiger partial charge < -0.3 is 4.74 Å². The summed E-state index contributed by atoms with van der Waals surface area (Å²) in [5.41, 5.74) is 0.803. The maximum atomic E-state index is 5.86. The number of rotatable bonds is 3. The lowest BCUT2D eigenvalue weighted by atomic mass is 10.1. The summed E-state index contributed by atoms with van der Waals surface area (Å²) in [6.07, 6.45) is 0. The molecule has 0 fully saturated rings. The Hall–Kier alpha value is -1.58. The van der Waals surface area contributed by atoms with Crippen molar-refractivity contribution in [3.05, 3.63) is 69.9 Å². The van der Waals surface area contributed by atoms with Crippen LogP contribution in [0.4, 0.5) is 0 Å².